The molecule has 0 heterocycles. The predicted octanol–water partition coefficient (Wildman–Crippen LogP) is 7.80. The van der Waals surface area contributed by atoms with Gasteiger partial charge < -0.3 is 0 Å². The Morgan fingerprint density at radius 1 is 0.571 bits per heavy atom. The minimum Gasteiger partial charge on any atom is -0.0654 e. The lowest BCUT2D eigenvalue weighted by atomic mass is 10.00. The van der Waals surface area contributed by atoms with Gasteiger partial charge in [0.1, 0.15) is 0 Å². The van der Waals surface area contributed by atoms with Crippen molar-refractivity contribution >= 4 is 25.8 Å². The first-order valence-electron chi connectivity index (χ1n) is 11.5. The smallest absolute Gasteiger partial charge is 0.0123 e. The van der Waals surface area contributed by atoms with Crippen molar-refractivity contribution in [2.45, 2.75) is 89.4 Å². The van der Waals surface area contributed by atoms with Crippen molar-refractivity contribution in [3.63, 3.8) is 0 Å². The highest BCUT2D eigenvalue weighted by molar-refractivity contribution is 8.36. The second-order valence-corrected chi connectivity index (χ2v) is 15.2. The quantitative estimate of drug-likeness (QED) is 0.441. The molecular formula is C26H36P2. The van der Waals surface area contributed by atoms with E-state index in [0.29, 0.717) is 0 Å². The second kappa shape index (κ2) is 9.87. The van der Waals surface area contributed by atoms with Crippen LogP contribution in [0.25, 0.3) is 0 Å². The molecule has 2 aliphatic carbocycles. The van der Waals surface area contributed by atoms with Gasteiger partial charge in [-0.05, 0) is 80.2 Å². The van der Waals surface area contributed by atoms with E-state index in [1.807, 2.05) is 0 Å². The van der Waals surface area contributed by atoms with Crippen LogP contribution in [0.2, 0.25) is 0 Å². The molecular weight excluding hydrogens is 374 g/mol. The molecule has 28 heavy (non-hydrogen) atoms. The number of rotatable bonds is 5. The molecule has 2 aromatic rings. The molecule has 4 rings (SSSR count). The Morgan fingerprint density at radius 2 is 0.964 bits per heavy atom. The molecule has 0 aromatic heterocycles. The van der Waals surface area contributed by atoms with E-state index in [-0.39, 0.29) is 15.2 Å². The first kappa shape index (κ1) is 20.6. The minimum absolute atomic E-state index is 0.0194. The van der Waals surface area contributed by atoms with Crippen LogP contribution in [-0.4, -0.2) is 11.3 Å². The van der Waals surface area contributed by atoms with Crippen LogP contribution in [0.5, 0.6) is 0 Å². The molecule has 2 heteroatoms. The van der Waals surface area contributed by atoms with E-state index in [4.69, 9.17) is 0 Å². The Morgan fingerprint density at radius 3 is 1.36 bits per heavy atom. The van der Waals surface area contributed by atoms with E-state index in [2.05, 4.69) is 62.4 Å². The molecule has 0 nitrogen and oxygen atoms in total. The fraction of sp³-hybridized carbons (Fsp3) is 0.538. The van der Waals surface area contributed by atoms with Gasteiger partial charge in [-0.2, -0.15) is 0 Å². The molecule has 0 spiro atoms. The molecule has 150 valence electrons. The van der Waals surface area contributed by atoms with Crippen LogP contribution < -0.4 is 10.6 Å². The van der Waals surface area contributed by atoms with E-state index in [9.17, 15) is 0 Å². The van der Waals surface area contributed by atoms with Gasteiger partial charge in [-0.1, -0.05) is 94.7 Å². The van der Waals surface area contributed by atoms with E-state index in [1.165, 1.54) is 75.3 Å². The summed E-state index contributed by atoms with van der Waals surface area (Å²) in [7, 11) is -0.217. The Balaban J connectivity index is 1.82. The third-order valence-electron chi connectivity index (χ3n) is 6.82. The molecule has 0 amide bonds. The summed E-state index contributed by atoms with van der Waals surface area (Å²) in [6.45, 7) is 4.72. The molecule has 2 aromatic carbocycles. The monoisotopic (exact) mass is 410 g/mol. The van der Waals surface area contributed by atoms with Crippen molar-refractivity contribution in [1.29, 1.82) is 0 Å². The van der Waals surface area contributed by atoms with Gasteiger partial charge in [0.05, 0.1) is 0 Å². The maximum Gasteiger partial charge on any atom is -0.0123 e. The Labute approximate surface area is 174 Å². The van der Waals surface area contributed by atoms with Crippen LogP contribution in [0, 0.1) is 13.8 Å². The van der Waals surface area contributed by atoms with Crippen LogP contribution in [0.4, 0.5) is 0 Å². The van der Waals surface area contributed by atoms with E-state index in [0.717, 1.165) is 11.3 Å². The van der Waals surface area contributed by atoms with Crippen molar-refractivity contribution in [3.8, 4) is 0 Å². The minimum atomic E-state index is -0.237. The van der Waals surface area contributed by atoms with Crippen molar-refractivity contribution in [2.24, 2.45) is 0 Å². The lowest BCUT2D eigenvalue weighted by Crippen LogP contribution is -2.26. The highest BCUT2D eigenvalue weighted by atomic mass is 32.1. The van der Waals surface area contributed by atoms with Gasteiger partial charge in [-0.25, -0.2) is 0 Å². The summed E-state index contributed by atoms with van der Waals surface area (Å²) < 4.78 is 0. The Bertz CT molecular complexity index is 693. The van der Waals surface area contributed by atoms with Gasteiger partial charge in [-0.15, -0.1) is 0 Å². The molecule has 0 radical (unpaired) electrons. The third kappa shape index (κ3) is 4.55. The Hall–Kier alpha value is -0.700. The molecule has 2 aliphatic rings. The summed E-state index contributed by atoms with van der Waals surface area (Å²) in [5.74, 6) is 0. The van der Waals surface area contributed by atoms with Gasteiger partial charge in [0.15, 0.2) is 0 Å². The largest absolute Gasteiger partial charge is 0.0654 e. The van der Waals surface area contributed by atoms with Crippen LogP contribution in [0.1, 0.15) is 75.3 Å². The second-order valence-electron chi connectivity index (χ2n) is 8.85. The maximum atomic E-state index is 2.48. The summed E-state index contributed by atoms with van der Waals surface area (Å²) in [5, 5.41) is 3.38. The third-order valence-corrected chi connectivity index (χ3v) is 16.4. The highest BCUT2D eigenvalue weighted by Gasteiger charge is 2.38. The molecule has 0 bridgehead atoms. The fourth-order valence-electron chi connectivity index (χ4n) is 5.30. The molecule has 0 aliphatic heterocycles. The number of aryl methyl sites for hydroxylation is 2. The van der Waals surface area contributed by atoms with Crippen LogP contribution >= 0.6 is 15.2 Å². The first-order valence-corrected chi connectivity index (χ1v) is 15.0. The number of hydrogen-bond acceptors (Lipinski definition) is 0. The predicted molar refractivity (Wildman–Crippen MR) is 129 cm³/mol. The summed E-state index contributed by atoms with van der Waals surface area (Å²) in [6.07, 6.45) is 14.8. The average Bonchev–Trinajstić information content (AvgIpc) is 2.75. The fourth-order valence-corrected chi connectivity index (χ4v) is 16.5. The molecule has 0 atom stereocenters. The van der Waals surface area contributed by atoms with Crippen LogP contribution in [0.3, 0.4) is 0 Å². The highest BCUT2D eigenvalue weighted by Crippen LogP contribution is 2.76. The SMILES string of the molecule is Cc1ccccc1P(c1ccccc1C)P(C1CCCCC1)C1CCCCC1. The van der Waals surface area contributed by atoms with Gasteiger partial charge >= 0.3 is 0 Å². The van der Waals surface area contributed by atoms with Crippen molar-refractivity contribution in [1.82, 2.24) is 0 Å². The molecule has 0 unspecified atom stereocenters. The Kier molecular flexibility index (Phi) is 7.25. The topological polar surface area (TPSA) is 0 Å². The average molecular weight is 411 g/mol. The zero-order valence-electron chi connectivity index (χ0n) is 17.7. The zero-order chi connectivity index (χ0) is 19.3. The van der Waals surface area contributed by atoms with Crippen molar-refractivity contribution in [2.75, 3.05) is 0 Å². The molecule has 2 saturated carbocycles. The first-order chi connectivity index (χ1) is 13.8. The number of benzene rings is 2. The van der Waals surface area contributed by atoms with Gasteiger partial charge in [0, 0.05) is 0 Å². The summed E-state index contributed by atoms with van der Waals surface area (Å²) >= 11 is 0. The molecule has 2 fully saturated rings. The lowest BCUT2D eigenvalue weighted by Gasteiger charge is -2.44. The van der Waals surface area contributed by atoms with Crippen LogP contribution in [-0.2, 0) is 0 Å². The maximum absolute atomic E-state index is 2.48. The van der Waals surface area contributed by atoms with Gasteiger partial charge in [0.2, 0.25) is 0 Å². The normalized spacial score (nSPS) is 19.4. The summed E-state index contributed by atoms with van der Waals surface area (Å²) in [6, 6.07) is 18.7. The van der Waals surface area contributed by atoms with Gasteiger partial charge in [-0.3, -0.25) is 0 Å². The van der Waals surface area contributed by atoms with Crippen molar-refractivity contribution < 1.29 is 0 Å². The molecule has 0 N–H and O–H groups in total. The van der Waals surface area contributed by atoms with Crippen molar-refractivity contribution in [3.05, 3.63) is 59.7 Å². The number of hydrogen-bond donors (Lipinski definition) is 0. The van der Waals surface area contributed by atoms with Gasteiger partial charge in [0.25, 0.3) is 0 Å². The lowest BCUT2D eigenvalue weighted by molar-refractivity contribution is 0.488. The summed E-state index contributed by atoms with van der Waals surface area (Å²) in [5.41, 5.74) is 5.04. The van der Waals surface area contributed by atoms with E-state index < -0.39 is 0 Å². The van der Waals surface area contributed by atoms with E-state index in [1.54, 1.807) is 10.6 Å². The molecule has 0 saturated heterocycles. The van der Waals surface area contributed by atoms with E-state index >= 15 is 0 Å². The standard InChI is InChI=1S/C26H36P2/c1-21-13-9-11-19-25(21)28(26-20-12-10-14-22(26)2)27(23-15-5-3-6-16-23)24-17-7-4-8-18-24/h9-14,19-20,23-24H,3-8,15-18H2,1-2H3. The zero-order valence-corrected chi connectivity index (χ0v) is 19.5. The summed E-state index contributed by atoms with van der Waals surface area (Å²) in [4.78, 5) is 0. The van der Waals surface area contributed by atoms with Crippen LogP contribution in [0.15, 0.2) is 48.5 Å².